The van der Waals surface area contributed by atoms with Crippen molar-refractivity contribution in [3.05, 3.63) is 76.0 Å². The highest BCUT2D eigenvalue weighted by Gasteiger charge is 2.14. The number of hydrogen-bond acceptors (Lipinski definition) is 2. The minimum Gasteiger partial charge on any atom is -0.495 e. The van der Waals surface area contributed by atoms with Crippen LogP contribution in [-0.2, 0) is 6.54 Å². The number of halogens is 1. The van der Waals surface area contributed by atoms with E-state index in [4.69, 9.17) is 4.74 Å². The van der Waals surface area contributed by atoms with Crippen LogP contribution < -0.4 is 15.4 Å². The van der Waals surface area contributed by atoms with Gasteiger partial charge in [0.2, 0.25) is 0 Å². The molecule has 3 aromatic rings. The molecule has 27 heavy (non-hydrogen) atoms. The van der Waals surface area contributed by atoms with Gasteiger partial charge in [-0.05, 0) is 55.8 Å². The molecule has 1 aromatic heterocycles. The Balaban J connectivity index is 1.74. The fourth-order valence-electron chi connectivity index (χ4n) is 3.11. The first-order valence-electron chi connectivity index (χ1n) is 8.61. The summed E-state index contributed by atoms with van der Waals surface area (Å²) in [6.45, 7) is 4.53. The Morgan fingerprint density at radius 3 is 2.63 bits per heavy atom. The molecular formula is C21H22BrN3O2. The number of aryl methyl sites for hydroxylation is 1. The standard InChI is InChI=1S/C21H22BrN3O2/c1-14-11-16(13-23-21(26)24-18-8-6-7-17(22)12-18)15(2)25(14)19-9-4-5-10-20(19)27-3/h4-12H,13H2,1-3H3,(H2,23,24,26). The van der Waals surface area contributed by atoms with E-state index in [-0.39, 0.29) is 6.03 Å². The Morgan fingerprint density at radius 2 is 1.89 bits per heavy atom. The molecule has 0 aliphatic rings. The number of nitrogens with one attached hydrogen (secondary N) is 2. The van der Waals surface area contributed by atoms with Crippen molar-refractivity contribution in [2.24, 2.45) is 0 Å². The summed E-state index contributed by atoms with van der Waals surface area (Å²) in [6, 6.07) is 17.2. The quantitative estimate of drug-likeness (QED) is 0.588. The molecular weight excluding hydrogens is 406 g/mol. The lowest BCUT2D eigenvalue weighted by Crippen LogP contribution is -2.28. The third-order valence-corrected chi connectivity index (χ3v) is 4.88. The first-order chi connectivity index (χ1) is 13.0. The van der Waals surface area contributed by atoms with E-state index in [1.54, 1.807) is 7.11 Å². The summed E-state index contributed by atoms with van der Waals surface area (Å²) < 4.78 is 8.55. The molecule has 0 bridgehead atoms. The first-order valence-corrected chi connectivity index (χ1v) is 9.40. The molecule has 0 aliphatic heterocycles. The van der Waals surface area contributed by atoms with E-state index < -0.39 is 0 Å². The van der Waals surface area contributed by atoms with Crippen molar-refractivity contribution in [1.82, 2.24) is 9.88 Å². The fourth-order valence-corrected chi connectivity index (χ4v) is 3.51. The maximum Gasteiger partial charge on any atom is 0.319 e. The topological polar surface area (TPSA) is 55.3 Å². The number of nitrogens with zero attached hydrogens (tertiary/aromatic N) is 1. The van der Waals surface area contributed by atoms with Gasteiger partial charge >= 0.3 is 6.03 Å². The smallest absolute Gasteiger partial charge is 0.319 e. The van der Waals surface area contributed by atoms with E-state index in [1.165, 1.54) is 0 Å². The Hall–Kier alpha value is -2.73. The van der Waals surface area contributed by atoms with Gasteiger partial charge in [0.1, 0.15) is 5.75 Å². The lowest BCUT2D eigenvalue weighted by Gasteiger charge is -2.14. The molecule has 0 radical (unpaired) electrons. The van der Waals surface area contributed by atoms with Crippen LogP contribution in [0.2, 0.25) is 0 Å². The summed E-state index contributed by atoms with van der Waals surface area (Å²) in [4.78, 5) is 12.2. The van der Waals surface area contributed by atoms with Gasteiger partial charge in [0.25, 0.3) is 0 Å². The van der Waals surface area contributed by atoms with Gasteiger partial charge in [-0.3, -0.25) is 0 Å². The molecule has 0 atom stereocenters. The highest BCUT2D eigenvalue weighted by atomic mass is 79.9. The number of ether oxygens (including phenoxy) is 1. The van der Waals surface area contributed by atoms with Crippen molar-refractivity contribution < 1.29 is 9.53 Å². The second kappa shape index (κ2) is 8.31. The summed E-state index contributed by atoms with van der Waals surface area (Å²) >= 11 is 3.40. The molecule has 0 aliphatic carbocycles. The van der Waals surface area contributed by atoms with Crippen molar-refractivity contribution in [3.8, 4) is 11.4 Å². The van der Waals surface area contributed by atoms with E-state index in [2.05, 4.69) is 37.2 Å². The molecule has 140 valence electrons. The second-order valence-corrected chi connectivity index (χ2v) is 7.14. The van der Waals surface area contributed by atoms with E-state index in [0.717, 1.165) is 38.5 Å². The van der Waals surface area contributed by atoms with Crippen molar-refractivity contribution in [3.63, 3.8) is 0 Å². The summed E-state index contributed by atoms with van der Waals surface area (Å²) in [6.07, 6.45) is 0. The minimum absolute atomic E-state index is 0.241. The van der Waals surface area contributed by atoms with Crippen LogP contribution in [0.15, 0.2) is 59.1 Å². The molecule has 0 saturated heterocycles. The Bertz CT molecular complexity index is 966. The van der Waals surface area contributed by atoms with E-state index in [1.807, 2.05) is 62.4 Å². The van der Waals surface area contributed by atoms with Crippen LogP contribution in [0.25, 0.3) is 5.69 Å². The van der Waals surface area contributed by atoms with E-state index >= 15 is 0 Å². The van der Waals surface area contributed by atoms with Gasteiger partial charge in [-0.1, -0.05) is 34.1 Å². The zero-order chi connectivity index (χ0) is 19.4. The average molecular weight is 428 g/mol. The number of anilines is 1. The predicted molar refractivity (Wildman–Crippen MR) is 112 cm³/mol. The molecule has 0 spiro atoms. The maximum atomic E-state index is 12.2. The van der Waals surface area contributed by atoms with Crippen molar-refractivity contribution >= 4 is 27.6 Å². The molecule has 2 aromatic carbocycles. The van der Waals surface area contributed by atoms with Gasteiger partial charge in [-0.2, -0.15) is 0 Å². The number of carbonyl (C=O) groups excluding carboxylic acids is 1. The van der Waals surface area contributed by atoms with Crippen LogP contribution in [0.3, 0.4) is 0 Å². The van der Waals surface area contributed by atoms with Crippen LogP contribution in [0, 0.1) is 13.8 Å². The highest BCUT2D eigenvalue weighted by Crippen LogP contribution is 2.27. The monoisotopic (exact) mass is 427 g/mol. The zero-order valence-corrected chi connectivity index (χ0v) is 17.1. The molecule has 3 rings (SSSR count). The van der Waals surface area contributed by atoms with Crippen LogP contribution in [-0.4, -0.2) is 17.7 Å². The molecule has 5 nitrogen and oxygen atoms in total. The van der Waals surface area contributed by atoms with Crippen LogP contribution in [0.1, 0.15) is 17.0 Å². The summed E-state index contributed by atoms with van der Waals surface area (Å²) in [5.74, 6) is 0.811. The molecule has 2 amide bonds. The summed E-state index contributed by atoms with van der Waals surface area (Å²) in [5, 5.41) is 5.76. The third-order valence-electron chi connectivity index (χ3n) is 4.38. The number of amides is 2. The normalized spacial score (nSPS) is 10.5. The highest BCUT2D eigenvalue weighted by molar-refractivity contribution is 9.10. The SMILES string of the molecule is COc1ccccc1-n1c(C)cc(CNC(=O)Nc2cccc(Br)c2)c1C. The van der Waals surface area contributed by atoms with Gasteiger partial charge in [0.15, 0.2) is 0 Å². The van der Waals surface area contributed by atoms with Gasteiger partial charge in [-0.25, -0.2) is 4.79 Å². The molecule has 6 heteroatoms. The minimum atomic E-state index is -0.241. The molecule has 0 fully saturated rings. The van der Waals surface area contributed by atoms with Gasteiger partial charge in [0.05, 0.1) is 12.8 Å². The number of urea groups is 1. The number of hydrogen-bond donors (Lipinski definition) is 2. The van der Waals surface area contributed by atoms with Crippen LogP contribution in [0.5, 0.6) is 5.75 Å². The number of para-hydroxylation sites is 2. The van der Waals surface area contributed by atoms with Crippen LogP contribution in [0.4, 0.5) is 10.5 Å². The molecule has 0 saturated carbocycles. The number of carbonyl (C=O) groups is 1. The summed E-state index contributed by atoms with van der Waals surface area (Å²) in [7, 11) is 1.67. The zero-order valence-electron chi connectivity index (χ0n) is 15.5. The largest absolute Gasteiger partial charge is 0.495 e. The Morgan fingerprint density at radius 1 is 1.11 bits per heavy atom. The van der Waals surface area contributed by atoms with Crippen molar-refractivity contribution in [2.75, 3.05) is 12.4 Å². The predicted octanol–water partition coefficient (Wildman–Crippen LogP) is 5.19. The lowest BCUT2D eigenvalue weighted by atomic mass is 10.2. The van der Waals surface area contributed by atoms with Gasteiger partial charge < -0.3 is 19.9 Å². The number of methoxy groups -OCH3 is 1. The van der Waals surface area contributed by atoms with Gasteiger partial charge in [-0.15, -0.1) is 0 Å². The van der Waals surface area contributed by atoms with E-state index in [9.17, 15) is 4.79 Å². The lowest BCUT2D eigenvalue weighted by molar-refractivity contribution is 0.251. The van der Waals surface area contributed by atoms with Gasteiger partial charge in [0, 0.05) is 28.1 Å². The molecule has 0 unspecified atom stereocenters. The maximum absolute atomic E-state index is 12.2. The van der Waals surface area contributed by atoms with Crippen molar-refractivity contribution in [2.45, 2.75) is 20.4 Å². The Labute approximate surface area is 167 Å². The number of aromatic nitrogens is 1. The average Bonchev–Trinajstić information content (AvgIpc) is 2.93. The number of rotatable bonds is 5. The first kappa shape index (κ1) is 19.0. The van der Waals surface area contributed by atoms with E-state index in [0.29, 0.717) is 6.54 Å². The second-order valence-electron chi connectivity index (χ2n) is 6.22. The molecule has 2 N–H and O–H groups in total. The fraction of sp³-hybridized carbons (Fsp3) is 0.190. The van der Waals surface area contributed by atoms with Crippen molar-refractivity contribution in [1.29, 1.82) is 0 Å². The Kier molecular flexibility index (Phi) is 5.86. The summed E-state index contributed by atoms with van der Waals surface area (Å²) in [5.41, 5.74) is 4.94. The van der Waals surface area contributed by atoms with Crippen LogP contribution >= 0.6 is 15.9 Å². The molecule has 1 heterocycles. The number of benzene rings is 2. The third kappa shape index (κ3) is 4.34.